The van der Waals surface area contributed by atoms with E-state index >= 15 is 0 Å². The summed E-state index contributed by atoms with van der Waals surface area (Å²) in [7, 11) is 0. The quantitative estimate of drug-likeness (QED) is 0.406. The zero-order valence-corrected chi connectivity index (χ0v) is 20.1. The molecule has 2 fully saturated rings. The molecule has 0 spiro atoms. The van der Waals surface area contributed by atoms with E-state index in [-0.39, 0.29) is 13.5 Å². The van der Waals surface area contributed by atoms with Crippen LogP contribution in [0, 0.1) is 35.0 Å². The lowest BCUT2D eigenvalue weighted by molar-refractivity contribution is 0.150. The van der Waals surface area contributed by atoms with Gasteiger partial charge < -0.3 is 0 Å². The van der Waals surface area contributed by atoms with Gasteiger partial charge in [-0.2, -0.15) is 18.8 Å². The van der Waals surface area contributed by atoms with Crippen molar-refractivity contribution in [3.8, 4) is 6.07 Å². The minimum absolute atomic E-state index is 0. The Bertz CT molecular complexity index is 723. The third-order valence-electron chi connectivity index (χ3n) is 7.73. The molecule has 2 saturated carbocycles. The van der Waals surface area contributed by atoms with E-state index in [0.29, 0.717) is 0 Å². The van der Waals surface area contributed by atoms with Crippen LogP contribution in [0.4, 0.5) is 0 Å². The van der Waals surface area contributed by atoms with Crippen molar-refractivity contribution in [1.82, 2.24) is 0 Å². The highest BCUT2D eigenvalue weighted by Crippen LogP contribution is 2.44. The fourth-order valence-electron chi connectivity index (χ4n) is 6.02. The molecule has 1 nitrogen and oxygen atoms in total. The Morgan fingerprint density at radius 3 is 2.07 bits per heavy atom. The van der Waals surface area contributed by atoms with Gasteiger partial charge in [-0.15, -0.1) is 0 Å². The maximum Gasteiger partial charge on any atom is 0.0991 e. The molecule has 0 aromatic heterocycles. The van der Waals surface area contributed by atoms with Gasteiger partial charge in [-0.05, 0) is 112 Å². The number of nitrogens with zero attached hydrogens (tertiary/aromatic N) is 1. The molecule has 0 saturated heterocycles. The smallest absolute Gasteiger partial charge is 0.0991 e. The van der Waals surface area contributed by atoms with Crippen LogP contribution >= 0.6 is 13.5 Å². The highest BCUT2D eigenvalue weighted by atomic mass is 32.1. The summed E-state index contributed by atoms with van der Waals surface area (Å²) in [6.07, 6.45) is 17.6. The van der Waals surface area contributed by atoms with Crippen LogP contribution in [0.5, 0.6) is 0 Å². The van der Waals surface area contributed by atoms with E-state index in [1.807, 2.05) is 12.1 Å². The molecule has 0 amide bonds. The van der Waals surface area contributed by atoms with E-state index in [1.54, 1.807) is 0 Å². The molecule has 0 aliphatic heterocycles. The average Bonchev–Trinajstić information content (AvgIpc) is 2.75. The van der Waals surface area contributed by atoms with Gasteiger partial charge in [0.15, 0.2) is 0 Å². The Kier molecular flexibility index (Phi) is 10.3. The van der Waals surface area contributed by atoms with Gasteiger partial charge in [0, 0.05) is 0 Å². The van der Waals surface area contributed by atoms with Crippen LogP contribution in [0.25, 0.3) is 0 Å². The zero-order valence-electron chi connectivity index (χ0n) is 19.1. The number of aryl methyl sites for hydroxylation is 1. The van der Waals surface area contributed by atoms with E-state index in [2.05, 4.69) is 44.7 Å². The summed E-state index contributed by atoms with van der Waals surface area (Å²) >= 11 is 0. The van der Waals surface area contributed by atoms with Gasteiger partial charge in [-0.25, -0.2) is 0 Å². The summed E-state index contributed by atoms with van der Waals surface area (Å²) in [5, 5.41) is 8.90. The second-order valence-corrected chi connectivity index (χ2v) is 9.62. The fourth-order valence-corrected chi connectivity index (χ4v) is 6.02. The van der Waals surface area contributed by atoms with Crippen molar-refractivity contribution in [3.63, 3.8) is 0 Å². The Hall–Kier alpha value is -1.46. The lowest BCUT2D eigenvalue weighted by Gasteiger charge is -2.38. The predicted octanol–water partition coefficient (Wildman–Crippen LogP) is 8.13. The minimum atomic E-state index is 0. The van der Waals surface area contributed by atoms with Crippen LogP contribution in [-0.4, -0.2) is 0 Å². The highest BCUT2D eigenvalue weighted by molar-refractivity contribution is 7.59. The average molecular weight is 424 g/mol. The van der Waals surface area contributed by atoms with E-state index in [4.69, 9.17) is 5.26 Å². The molecular weight excluding hydrogens is 382 g/mol. The number of rotatable bonds is 7. The molecule has 0 N–H and O–H groups in total. The molecule has 164 valence electrons. The van der Waals surface area contributed by atoms with Crippen LogP contribution in [-0.2, 0) is 6.42 Å². The third-order valence-corrected chi connectivity index (χ3v) is 7.73. The van der Waals surface area contributed by atoms with Crippen molar-refractivity contribution in [3.05, 3.63) is 59.2 Å². The summed E-state index contributed by atoms with van der Waals surface area (Å²) < 4.78 is 0. The number of benzene rings is 1. The molecule has 0 radical (unpaired) electrons. The summed E-state index contributed by atoms with van der Waals surface area (Å²) in [5.74, 6) is 3.69. The lowest BCUT2D eigenvalue weighted by atomic mass is 9.67. The second kappa shape index (κ2) is 12.4. The van der Waals surface area contributed by atoms with E-state index in [1.165, 1.54) is 80.9 Å². The molecule has 2 aliphatic carbocycles. The Balaban J connectivity index is 0.00000320. The first-order chi connectivity index (χ1) is 14.1. The zero-order chi connectivity index (χ0) is 20.6. The maximum absolute atomic E-state index is 8.90. The number of allylic oxidation sites excluding steroid dienone is 3. The first-order valence-corrected chi connectivity index (χ1v) is 11.9. The molecule has 0 unspecified atom stereocenters. The van der Waals surface area contributed by atoms with Gasteiger partial charge in [0.2, 0.25) is 0 Å². The van der Waals surface area contributed by atoms with Gasteiger partial charge in [0.25, 0.3) is 0 Å². The van der Waals surface area contributed by atoms with Crippen LogP contribution in [0.1, 0.15) is 89.2 Å². The summed E-state index contributed by atoms with van der Waals surface area (Å²) in [6.45, 7) is 8.54. The highest BCUT2D eigenvalue weighted by Gasteiger charge is 2.31. The predicted molar refractivity (Wildman–Crippen MR) is 134 cm³/mol. The number of hydrogen-bond acceptors (Lipinski definition) is 1. The van der Waals surface area contributed by atoms with Crippen molar-refractivity contribution in [2.75, 3.05) is 0 Å². The first-order valence-electron chi connectivity index (χ1n) is 11.9. The molecule has 0 atom stereocenters. The first kappa shape index (κ1) is 24.8. The largest absolute Gasteiger partial charge is 0.197 e. The Morgan fingerprint density at radius 2 is 1.57 bits per heavy atom. The van der Waals surface area contributed by atoms with Crippen LogP contribution in [0.15, 0.2) is 48.1 Å². The molecular formula is C28H41NS. The van der Waals surface area contributed by atoms with E-state index in [9.17, 15) is 0 Å². The van der Waals surface area contributed by atoms with Gasteiger partial charge in [0.05, 0.1) is 11.6 Å². The van der Waals surface area contributed by atoms with Gasteiger partial charge in [-0.3, -0.25) is 0 Å². The fraction of sp³-hybridized carbons (Fsp3) is 0.607. The van der Waals surface area contributed by atoms with Crippen molar-refractivity contribution in [2.24, 2.45) is 23.7 Å². The summed E-state index contributed by atoms with van der Waals surface area (Å²) in [4.78, 5) is 0. The third kappa shape index (κ3) is 6.78. The number of nitriles is 1. The topological polar surface area (TPSA) is 23.8 Å². The molecule has 2 heteroatoms. The summed E-state index contributed by atoms with van der Waals surface area (Å²) in [5.41, 5.74) is 4.94. The van der Waals surface area contributed by atoms with Crippen molar-refractivity contribution >= 4 is 13.5 Å². The second-order valence-electron chi connectivity index (χ2n) is 9.62. The van der Waals surface area contributed by atoms with Gasteiger partial charge in [0.1, 0.15) is 0 Å². The Morgan fingerprint density at radius 1 is 1.00 bits per heavy atom. The molecule has 30 heavy (non-hydrogen) atoms. The SMILES string of the molecule is C=C(C)/C(=C\C)C1CCC(C2CCC(CCCc3ccc(C#N)cc3)CC2)CC1.S. The van der Waals surface area contributed by atoms with Crippen molar-refractivity contribution < 1.29 is 0 Å². The van der Waals surface area contributed by atoms with Crippen LogP contribution in [0.3, 0.4) is 0 Å². The molecule has 2 aliphatic rings. The molecule has 1 aromatic carbocycles. The molecule has 1 aromatic rings. The van der Waals surface area contributed by atoms with E-state index in [0.717, 1.165) is 35.7 Å². The standard InChI is InChI=1S/C28H39N.H2S/c1-4-28(21(2)3)27-18-16-26(17-19-27)25-14-12-23(13-15-25)7-5-6-22-8-10-24(20-29)11-9-22;/h4,8-11,23,25-27H,2,5-7,12-19H2,1,3H3;1H2/b28-4+;. The van der Waals surface area contributed by atoms with Gasteiger partial charge >= 0.3 is 0 Å². The van der Waals surface area contributed by atoms with E-state index < -0.39 is 0 Å². The minimum Gasteiger partial charge on any atom is -0.197 e. The normalized spacial score (nSPS) is 27.0. The maximum atomic E-state index is 8.90. The van der Waals surface area contributed by atoms with Crippen LogP contribution < -0.4 is 0 Å². The lowest BCUT2D eigenvalue weighted by Crippen LogP contribution is -2.26. The van der Waals surface area contributed by atoms with Crippen molar-refractivity contribution in [2.45, 2.75) is 84.5 Å². The summed E-state index contributed by atoms with van der Waals surface area (Å²) in [6, 6.07) is 10.3. The molecule has 3 rings (SSSR count). The van der Waals surface area contributed by atoms with Gasteiger partial charge in [-0.1, -0.05) is 49.6 Å². The molecule has 0 heterocycles. The molecule has 0 bridgehead atoms. The van der Waals surface area contributed by atoms with Crippen LogP contribution in [0.2, 0.25) is 0 Å². The van der Waals surface area contributed by atoms with Crippen molar-refractivity contribution in [1.29, 1.82) is 5.26 Å². The number of hydrogen-bond donors (Lipinski definition) is 0. The monoisotopic (exact) mass is 423 g/mol. The Labute approximate surface area is 192 Å².